The Labute approximate surface area is 114 Å². The fourth-order valence-corrected chi connectivity index (χ4v) is 3.27. The monoisotopic (exact) mass is 262 g/mol. The van der Waals surface area contributed by atoms with E-state index in [2.05, 4.69) is 45.4 Å². The Morgan fingerprint density at radius 1 is 1.20 bits per heavy atom. The lowest BCUT2D eigenvalue weighted by Crippen LogP contribution is -2.30. The molecular formula is C15H12N5+. The molecule has 5 nitrogen and oxygen atoms in total. The van der Waals surface area contributed by atoms with E-state index in [1.807, 2.05) is 16.8 Å². The minimum absolute atomic E-state index is 0.889. The summed E-state index contributed by atoms with van der Waals surface area (Å²) in [5, 5.41) is 0. The van der Waals surface area contributed by atoms with Crippen LogP contribution >= 0.6 is 0 Å². The lowest BCUT2D eigenvalue weighted by Gasteiger charge is -1.96. The van der Waals surface area contributed by atoms with Crippen molar-refractivity contribution in [2.75, 3.05) is 0 Å². The highest BCUT2D eigenvalue weighted by Gasteiger charge is 2.33. The van der Waals surface area contributed by atoms with Crippen molar-refractivity contribution in [2.45, 2.75) is 6.54 Å². The van der Waals surface area contributed by atoms with Gasteiger partial charge in [-0.25, -0.2) is 14.1 Å². The Hall–Kier alpha value is -2.69. The van der Waals surface area contributed by atoms with Gasteiger partial charge in [-0.2, -0.15) is 9.38 Å². The third-order valence-corrected chi connectivity index (χ3v) is 4.12. The van der Waals surface area contributed by atoms with Gasteiger partial charge in [-0.15, -0.1) is 0 Å². The molecule has 0 spiro atoms. The number of fused-ring (bicyclic) bond motifs is 7. The van der Waals surface area contributed by atoms with E-state index in [9.17, 15) is 0 Å². The molecule has 96 valence electrons. The maximum atomic E-state index is 4.76. The summed E-state index contributed by atoms with van der Waals surface area (Å²) in [4.78, 5) is 8.96. The van der Waals surface area contributed by atoms with Crippen LogP contribution < -0.4 is 4.57 Å². The second kappa shape index (κ2) is 3.25. The van der Waals surface area contributed by atoms with Crippen molar-refractivity contribution >= 4 is 16.9 Å². The summed E-state index contributed by atoms with van der Waals surface area (Å²) >= 11 is 0. The first-order valence-electron chi connectivity index (χ1n) is 6.63. The Bertz CT molecular complexity index is 992. The summed E-state index contributed by atoms with van der Waals surface area (Å²) in [5.74, 6) is 1.22. The van der Waals surface area contributed by atoms with Gasteiger partial charge < -0.3 is 0 Å². The van der Waals surface area contributed by atoms with Crippen LogP contribution in [0.2, 0.25) is 0 Å². The number of rotatable bonds is 0. The van der Waals surface area contributed by atoms with Crippen LogP contribution in [-0.2, 0) is 13.6 Å². The topological polar surface area (TPSA) is 39.0 Å². The minimum atomic E-state index is 0.889. The van der Waals surface area contributed by atoms with Gasteiger partial charge >= 0.3 is 0 Å². The van der Waals surface area contributed by atoms with Crippen LogP contribution in [0.1, 0.15) is 5.56 Å². The minimum Gasteiger partial charge on any atom is -0.233 e. The highest BCUT2D eigenvalue weighted by atomic mass is 15.3. The van der Waals surface area contributed by atoms with Crippen LogP contribution in [-0.4, -0.2) is 18.9 Å². The normalized spacial score (nSPS) is 13.1. The molecule has 1 aliphatic rings. The zero-order valence-corrected chi connectivity index (χ0v) is 11.0. The van der Waals surface area contributed by atoms with E-state index in [-0.39, 0.29) is 0 Å². The molecule has 20 heavy (non-hydrogen) atoms. The maximum Gasteiger partial charge on any atom is 0.296 e. The summed E-state index contributed by atoms with van der Waals surface area (Å²) < 4.78 is 6.54. The Morgan fingerprint density at radius 3 is 3.05 bits per heavy atom. The molecule has 4 heterocycles. The molecule has 0 unspecified atom stereocenters. The smallest absolute Gasteiger partial charge is 0.233 e. The Balaban J connectivity index is 1.98. The number of benzene rings is 1. The molecule has 0 aliphatic carbocycles. The van der Waals surface area contributed by atoms with Gasteiger partial charge in [0.1, 0.15) is 0 Å². The van der Waals surface area contributed by atoms with Crippen LogP contribution in [0.25, 0.3) is 28.3 Å². The van der Waals surface area contributed by atoms with Crippen molar-refractivity contribution in [3.8, 4) is 11.4 Å². The van der Waals surface area contributed by atoms with Crippen LogP contribution in [0.15, 0.2) is 42.9 Å². The van der Waals surface area contributed by atoms with E-state index in [0.29, 0.717) is 0 Å². The summed E-state index contributed by atoms with van der Waals surface area (Å²) in [6.45, 7) is 0.889. The molecule has 1 aliphatic heterocycles. The molecule has 1 aromatic carbocycles. The predicted octanol–water partition coefficient (Wildman–Crippen LogP) is 1.54. The average molecular weight is 262 g/mol. The molecule has 0 radical (unpaired) electrons. The first kappa shape index (κ1) is 10.1. The summed E-state index contributed by atoms with van der Waals surface area (Å²) in [6.07, 6.45) is 3.60. The SMILES string of the molecule is C[n+]1c2n(c3nc4ccncn4c31)Cc1ccccc1-2. The van der Waals surface area contributed by atoms with E-state index in [1.54, 1.807) is 6.20 Å². The summed E-state index contributed by atoms with van der Waals surface area (Å²) in [7, 11) is 2.09. The van der Waals surface area contributed by atoms with Crippen molar-refractivity contribution < 1.29 is 4.57 Å². The second-order valence-electron chi connectivity index (χ2n) is 5.19. The van der Waals surface area contributed by atoms with Crippen molar-refractivity contribution in [2.24, 2.45) is 7.05 Å². The van der Waals surface area contributed by atoms with Crippen molar-refractivity contribution in [3.63, 3.8) is 0 Å². The van der Waals surface area contributed by atoms with E-state index >= 15 is 0 Å². The van der Waals surface area contributed by atoms with Gasteiger partial charge in [0.05, 0.1) is 19.2 Å². The van der Waals surface area contributed by atoms with Crippen LogP contribution in [0.3, 0.4) is 0 Å². The molecule has 4 aromatic rings. The van der Waals surface area contributed by atoms with Crippen molar-refractivity contribution in [3.05, 3.63) is 48.4 Å². The first-order valence-corrected chi connectivity index (χ1v) is 6.63. The van der Waals surface area contributed by atoms with Crippen LogP contribution in [0.4, 0.5) is 0 Å². The van der Waals surface area contributed by atoms with E-state index in [1.165, 1.54) is 17.0 Å². The maximum absolute atomic E-state index is 4.76. The lowest BCUT2D eigenvalue weighted by molar-refractivity contribution is -0.636. The third-order valence-electron chi connectivity index (χ3n) is 4.12. The zero-order chi connectivity index (χ0) is 13.3. The van der Waals surface area contributed by atoms with Gasteiger partial charge in [-0.3, -0.25) is 0 Å². The molecular weight excluding hydrogens is 250 g/mol. The number of nitrogens with zero attached hydrogens (tertiary/aromatic N) is 5. The average Bonchev–Trinajstić information content (AvgIpc) is 3.10. The number of aromatic nitrogens is 5. The highest BCUT2D eigenvalue weighted by Crippen LogP contribution is 2.32. The van der Waals surface area contributed by atoms with Crippen LogP contribution in [0.5, 0.6) is 0 Å². The molecule has 0 bridgehead atoms. The van der Waals surface area contributed by atoms with E-state index in [4.69, 9.17) is 4.98 Å². The van der Waals surface area contributed by atoms with Crippen molar-refractivity contribution in [1.82, 2.24) is 18.9 Å². The molecule has 0 N–H and O–H groups in total. The number of aryl methyl sites for hydroxylation is 1. The highest BCUT2D eigenvalue weighted by molar-refractivity contribution is 5.77. The van der Waals surface area contributed by atoms with Gasteiger partial charge in [0.15, 0.2) is 6.33 Å². The molecule has 3 aromatic heterocycles. The zero-order valence-electron chi connectivity index (χ0n) is 11.0. The summed E-state index contributed by atoms with van der Waals surface area (Å²) in [5.41, 5.74) is 5.71. The molecule has 0 fully saturated rings. The van der Waals surface area contributed by atoms with Gasteiger partial charge in [-0.1, -0.05) is 18.2 Å². The molecule has 5 rings (SSSR count). The molecule has 0 saturated carbocycles. The Kier molecular flexibility index (Phi) is 1.65. The van der Waals surface area contributed by atoms with Crippen LogP contribution in [0, 0.1) is 0 Å². The lowest BCUT2D eigenvalue weighted by atomic mass is 10.1. The molecule has 0 amide bonds. The standard InChI is InChI=1S/C15H12N5/c1-18-14-11-5-3-2-4-10(11)8-19(14)13-15(18)20-9-16-7-6-12(20)17-13/h2-7,9H,8H2,1H3/q+1. The second-order valence-corrected chi connectivity index (χ2v) is 5.19. The predicted molar refractivity (Wildman–Crippen MR) is 74.2 cm³/mol. The number of hydrogen-bond donors (Lipinski definition) is 0. The van der Waals surface area contributed by atoms with Gasteiger partial charge in [0.2, 0.25) is 11.5 Å². The van der Waals surface area contributed by atoms with Gasteiger partial charge in [0, 0.05) is 17.8 Å². The Morgan fingerprint density at radius 2 is 2.10 bits per heavy atom. The number of imidazole rings is 2. The molecule has 5 heteroatoms. The largest absolute Gasteiger partial charge is 0.296 e. The number of hydrogen-bond acceptors (Lipinski definition) is 2. The van der Waals surface area contributed by atoms with Gasteiger partial charge in [0.25, 0.3) is 11.3 Å². The van der Waals surface area contributed by atoms with E-state index in [0.717, 1.165) is 23.5 Å². The summed E-state index contributed by atoms with van der Waals surface area (Å²) in [6, 6.07) is 10.5. The fourth-order valence-electron chi connectivity index (χ4n) is 3.27. The van der Waals surface area contributed by atoms with Gasteiger partial charge in [-0.05, 0) is 6.07 Å². The first-order chi connectivity index (χ1) is 9.84. The molecule has 0 atom stereocenters. The third kappa shape index (κ3) is 1.02. The van der Waals surface area contributed by atoms with E-state index < -0.39 is 0 Å². The quantitative estimate of drug-likeness (QED) is 0.397. The van der Waals surface area contributed by atoms with Crippen molar-refractivity contribution in [1.29, 1.82) is 0 Å². The fraction of sp³-hybridized carbons (Fsp3) is 0.133. The molecule has 0 saturated heterocycles.